The van der Waals surface area contributed by atoms with Crippen LogP contribution >= 0.6 is 90.4 Å². The van der Waals surface area contributed by atoms with Crippen molar-refractivity contribution >= 4 is 102 Å². The summed E-state index contributed by atoms with van der Waals surface area (Å²) in [7, 11) is 0. The fourth-order valence-corrected chi connectivity index (χ4v) is 9.86. The number of phenols is 2. The van der Waals surface area contributed by atoms with Gasteiger partial charge in [0.05, 0.1) is 14.3 Å². The number of nitrogens with two attached hydrogens (primary N) is 1. The predicted molar refractivity (Wildman–Crippen MR) is 243 cm³/mol. The van der Waals surface area contributed by atoms with E-state index in [-0.39, 0.29) is 35.4 Å². The fourth-order valence-electron chi connectivity index (χ4n) is 5.62. The molecule has 0 bridgehead atoms. The van der Waals surface area contributed by atoms with E-state index in [4.69, 9.17) is 15.2 Å². The highest BCUT2D eigenvalue weighted by Crippen LogP contribution is 2.35. The summed E-state index contributed by atoms with van der Waals surface area (Å²) in [4.78, 5) is 23.3. The van der Waals surface area contributed by atoms with Crippen LogP contribution in [0.1, 0.15) is 69.4 Å². The second-order valence-electron chi connectivity index (χ2n) is 12.9. The van der Waals surface area contributed by atoms with Crippen LogP contribution in [-0.4, -0.2) is 40.7 Å². The van der Waals surface area contributed by atoms with Gasteiger partial charge in [-0.15, -0.1) is 0 Å². The standard InChI is InChI=1S/C23H30I2N2O3.C17H15I2NO3/c1-2-3-4-5-12-27-22(29)11-6-17(26)13-16-14-20(24)23(21(25)15-16)30-19-9-7-18(28)8-10-19;18-14-8-10(7-11-1-6-16(22)20-11)9-15(19)17(14)23-13-4-2-12(21)3-5-13/h7-10,14-15,17,28H,2-6,11-13,26H2,1H3,(H,27,29);2-5,8-9,11,21H,1,6-7H2,(H,20,22)/t17-;11-/m11/s1. The molecule has 9 nitrogen and oxygen atoms in total. The molecular weight excluding hydrogens is 1130 g/mol. The summed E-state index contributed by atoms with van der Waals surface area (Å²) < 4.78 is 16.0. The molecular formula is C40H45I4N3O6. The number of halogens is 4. The average molecular weight is 1170 g/mol. The molecule has 0 radical (unpaired) electrons. The Balaban J connectivity index is 0.000000244. The van der Waals surface area contributed by atoms with Crippen LogP contribution in [0, 0.1) is 14.3 Å². The fraction of sp³-hybridized carbons (Fsp3) is 0.350. The molecule has 13 heteroatoms. The molecule has 0 saturated carbocycles. The van der Waals surface area contributed by atoms with Crippen molar-refractivity contribution in [3.8, 4) is 34.5 Å². The number of ether oxygens (including phenoxy) is 2. The molecule has 0 unspecified atom stereocenters. The number of benzene rings is 4. The Morgan fingerprint density at radius 3 is 1.81 bits per heavy atom. The molecule has 5 rings (SSSR count). The maximum Gasteiger partial charge on any atom is 0.220 e. The minimum absolute atomic E-state index is 0.0636. The number of nitrogens with one attached hydrogen (secondary N) is 2. The van der Waals surface area contributed by atoms with E-state index in [0.29, 0.717) is 30.8 Å². The van der Waals surface area contributed by atoms with Gasteiger partial charge in [-0.2, -0.15) is 0 Å². The lowest BCUT2D eigenvalue weighted by molar-refractivity contribution is -0.121. The molecule has 1 saturated heterocycles. The zero-order valence-electron chi connectivity index (χ0n) is 29.5. The third-order valence-corrected chi connectivity index (χ3v) is 11.6. The smallest absolute Gasteiger partial charge is 0.220 e. The van der Waals surface area contributed by atoms with E-state index in [0.717, 1.165) is 63.6 Å². The number of hydrogen-bond acceptors (Lipinski definition) is 7. The molecule has 0 aromatic heterocycles. The van der Waals surface area contributed by atoms with Gasteiger partial charge in [0, 0.05) is 31.5 Å². The predicted octanol–water partition coefficient (Wildman–Crippen LogP) is 9.95. The maximum absolute atomic E-state index is 12.0. The van der Waals surface area contributed by atoms with Gasteiger partial charge in [0.1, 0.15) is 23.0 Å². The minimum atomic E-state index is -0.0636. The second-order valence-corrected chi connectivity index (χ2v) is 17.5. The second kappa shape index (κ2) is 22.5. The van der Waals surface area contributed by atoms with Gasteiger partial charge in [-0.3, -0.25) is 9.59 Å². The van der Waals surface area contributed by atoms with Gasteiger partial charge in [0.15, 0.2) is 11.5 Å². The van der Waals surface area contributed by atoms with Gasteiger partial charge in [-0.25, -0.2) is 0 Å². The molecule has 284 valence electrons. The largest absolute Gasteiger partial charge is 0.508 e. The normalized spacial score (nSPS) is 14.2. The number of rotatable bonds is 16. The number of aromatic hydroxyl groups is 2. The van der Waals surface area contributed by atoms with Crippen molar-refractivity contribution < 1.29 is 29.3 Å². The summed E-state index contributed by atoms with van der Waals surface area (Å²) in [5.41, 5.74) is 8.62. The Morgan fingerprint density at radius 2 is 1.34 bits per heavy atom. The van der Waals surface area contributed by atoms with Gasteiger partial charge in [-0.05, 0) is 206 Å². The van der Waals surface area contributed by atoms with Gasteiger partial charge >= 0.3 is 0 Å². The maximum atomic E-state index is 12.0. The van der Waals surface area contributed by atoms with Crippen LogP contribution in [0.4, 0.5) is 0 Å². The number of phenolic OH excluding ortho intramolecular Hbond substituents is 2. The Bertz CT molecular complexity index is 1760. The lowest BCUT2D eigenvalue weighted by Gasteiger charge is -2.15. The highest BCUT2D eigenvalue weighted by Gasteiger charge is 2.22. The molecule has 2 amide bonds. The van der Waals surface area contributed by atoms with Crippen molar-refractivity contribution in [2.75, 3.05) is 6.54 Å². The lowest BCUT2D eigenvalue weighted by Crippen LogP contribution is -2.29. The van der Waals surface area contributed by atoms with Crippen LogP contribution in [-0.2, 0) is 22.4 Å². The quantitative estimate of drug-likeness (QED) is 0.0556. The summed E-state index contributed by atoms with van der Waals surface area (Å²) in [6, 6.07) is 21.9. The molecule has 1 aliphatic rings. The SMILES string of the molecule is CCCCCCNC(=O)CC[C@@H](N)Cc1cc(I)c(Oc2ccc(O)cc2)c(I)c1.O=C1CC[C@H](Cc2cc(I)c(Oc3ccc(O)cc3)c(I)c2)N1. The topological polar surface area (TPSA) is 143 Å². The molecule has 1 aliphatic heterocycles. The first-order valence-corrected chi connectivity index (χ1v) is 21.9. The van der Waals surface area contributed by atoms with E-state index >= 15 is 0 Å². The third-order valence-electron chi connectivity index (χ3n) is 8.39. The Morgan fingerprint density at radius 1 is 0.830 bits per heavy atom. The van der Waals surface area contributed by atoms with Gasteiger partial charge in [-0.1, -0.05) is 26.2 Å². The molecule has 1 fully saturated rings. The lowest BCUT2D eigenvalue weighted by atomic mass is 10.0. The summed E-state index contributed by atoms with van der Waals surface area (Å²) in [5.74, 6) is 3.63. The molecule has 0 aliphatic carbocycles. The highest BCUT2D eigenvalue weighted by atomic mass is 127. The first kappa shape index (κ1) is 43.6. The first-order valence-electron chi connectivity index (χ1n) is 17.6. The van der Waals surface area contributed by atoms with Crippen LogP contribution in [0.2, 0.25) is 0 Å². The molecule has 6 N–H and O–H groups in total. The van der Waals surface area contributed by atoms with Crippen molar-refractivity contribution in [3.05, 3.63) is 98.2 Å². The number of carbonyl (C=O) groups excluding carboxylic acids is 2. The molecule has 4 aromatic rings. The number of carbonyl (C=O) groups is 2. The number of hydrogen-bond donors (Lipinski definition) is 5. The van der Waals surface area contributed by atoms with E-state index in [9.17, 15) is 19.8 Å². The Kier molecular flexibility index (Phi) is 18.5. The van der Waals surface area contributed by atoms with Crippen molar-refractivity contribution in [3.63, 3.8) is 0 Å². The van der Waals surface area contributed by atoms with Crippen LogP contribution in [0.25, 0.3) is 0 Å². The average Bonchev–Trinajstić information content (AvgIpc) is 3.53. The molecule has 2 atom stereocenters. The van der Waals surface area contributed by atoms with Crippen molar-refractivity contribution in [2.24, 2.45) is 5.73 Å². The van der Waals surface area contributed by atoms with Gasteiger partial charge < -0.3 is 36.1 Å². The van der Waals surface area contributed by atoms with Crippen LogP contribution in [0.5, 0.6) is 34.5 Å². The van der Waals surface area contributed by atoms with E-state index in [1.807, 2.05) is 0 Å². The van der Waals surface area contributed by atoms with Crippen molar-refractivity contribution in [1.82, 2.24) is 10.6 Å². The van der Waals surface area contributed by atoms with E-state index in [2.05, 4.69) is 132 Å². The van der Waals surface area contributed by atoms with E-state index in [1.54, 1.807) is 48.5 Å². The number of unbranched alkanes of at least 4 members (excludes halogenated alkanes) is 3. The van der Waals surface area contributed by atoms with Gasteiger partial charge in [0.25, 0.3) is 0 Å². The molecule has 1 heterocycles. The monoisotopic (exact) mass is 1170 g/mol. The van der Waals surface area contributed by atoms with E-state index < -0.39 is 0 Å². The van der Waals surface area contributed by atoms with Gasteiger partial charge in [0.2, 0.25) is 11.8 Å². The van der Waals surface area contributed by atoms with Crippen molar-refractivity contribution in [2.45, 2.75) is 83.2 Å². The molecule has 0 spiro atoms. The summed E-state index contributed by atoms with van der Waals surface area (Å²) in [6.45, 7) is 2.94. The minimum Gasteiger partial charge on any atom is -0.508 e. The Hall–Kier alpha value is -2.10. The highest BCUT2D eigenvalue weighted by molar-refractivity contribution is 14.1. The molecule has 53 heavy (non-hydrogen) atoms. The number of amides is 2. The van der Waals surface area contributed by atoms with Crippen LogP contribution in [0.3, 0.4) is 0 Å². The summed E-state index contributed by atoms with van der Waals surface area (Å²) >= 11 is 9.07. The summed E-state index contributed by atoms with van der Waals surface area (Å²) in [5, 5.41) is 24.7. The van der Waals surface area contributed by atoms with E-state index in [1.165, 1.54) is 24.8 Å². The molecule has 4 aromatic carbocycles. The Labute approximate surface area is 366 Å². The van der Waals surface area contributed by atoms with Crippen molar-refractivity contribution in [1.29, 1.82) is 0 Å². The van der Waals surface area contributed by atoms with Crippen LogP contribution in [0.15, 0.2) is 72.8 Å². The zero-order valence-corrected chi connectivity index (χ0v) is 38.1. The summed E-state index contributed by atoms with van der Waals surface area (Å²) in [6.07, 6.45) is 8.85. The first-order chi connectivity index (χ1) is 25.4. The van der Waals surface area contributed by atoms with Crippen LogP contribution < -0.4 is 25.8 Å². The zero-order chi connectivity index (χ0) is 38.3. The third kappa shape index (κ3) is 15.2.